The highest BCUT2D eigenvalue weighted by atomic mass is 16.6. The largest absolute Gasteiger partial charge is 0.466 e. The third kappa shape index (κ3) is 6.11. The van der Waals surface area contributed by atoms with Crippen molar-refractivity contribution in [2.24, 2.45) is 11.1 Å². The molecule has 0 fully saturated rings. The Hall–Kier alpha value is -2.11. The highest BCUT2D eigenvalue weighted by molar-refractivity contribution is 5.85. The number of carbonyl (C=O) groups excluding carboxylic acids is 2. The van der Waals surface area contributed by atoms with Crippen molar-refractivity contribution in [3.8, 4) is 0 Å². The van der Waals surface area contributed by atoms with Crippen LogP contribution in [0.4, 0.5) is 0 Å². The lowest BCUT2D eigenvalue weighted by atomic mass is 9.90. The normalized spacial score (nSPS) is 21.0. The van der Waals surface area contributed by atoms with Gasteiger partial charge in [-0.2, -0.15) is 0 Å². The fraction of sp³-hybridized carbons (Fsp3) is 0.562. The van der Waals surface area contributed by atoms with Crippen LogP contribution in [-0.2, 0) is 23.9 Å². The van der Waals surface area contributed by atoms with Crippen LogP contribution in [0.15, 0.2) is 29.5 Å². The van der Waals surface area contributed by atoms with E-state index in [1.165, 1.54) is 26.4 Å². The van der Waals surface area contributed by atoms with E-state index in [-0.39, 0.29) is 24.0 Å². The standard InChI is InChI=1S/C16H23NO5/c1-12-13(8-4-6-10-15(18)20-2)14(22-17-12)9-5-7-11-16(19)21-3/h6-7,10-11,13-14H,4-5,8-9H2,1-3H3/b10-6+,11-7+/t13-,14-/m0/s1. The van der Waals surface area contributed by atoms with E-state index < -0.39 is 0 Å². The number of oxime groups is 1. The number of hydrogen-bond acceptors (Lipinski definition) is 6. The monoisotopic (exact) mass is 309 g/mol. The molecule has 1 aliphatic rings. The fourth-order valence-corrected chi connectivity index (χ4v) is 2.24. The van der Waals surface area contributed by atoms with Crippen LogP contribution in [0.2, 0.25) is 0 Å². The van der Waals surface area contributed by atoms with Crippen molar-refractivity contribution in [3.05, 3.63) is 24.3 Å². The molecule has 0 amide bonds. The molecule has 0 aliphatic carbocycles. The lowest BCUT2D eigenvalue weighted by molar-refractivity contribution is -0.135. The molecule has 0 radical (unpaired) electrons. The van der Waals surface area contributed by atoms with Crippen LogP contribution in [0.5, 0.6) is 0 Å². The number of hydrogen-bond donors (Lipinski definition) is 0. The maximum Gasteiger partial charge on any atom is 0.330 e. The van der Waals surface area contributed by atoms with Gasteiger partial charge in [-0.05, 0) is 32.6 Å². The molecule has 6 nitrogen and oxygen atoms in total. The quantitative estimate of drug-likeness (QED) is 0.508. The Bertz CT molecular complexity index is 467. The summed E-state index contributed by atoms with van der Waals surface area (Å²) >= 11 is 0. The van der Waals surface area contributed by atoms with Gasteiger partial charge in [0, 0.05) is 18.1 Å². The average molecular weight is 309 g/mol. The van der Waals surface area contributed by atoms with E-state index >= 15 is 0 Å². The first kappa shape index (κ1) is 17.9. The third-order valence-corrected chi connectivity index (χ3v) is 3.49. The van der Waals surface area contributed by atoms with E-state index in [2.05, 4.69) is 14.6 Å². The zero-order valence-electron chi connectivity index (χ0n) is 13.3. The van der Waals surface area contributed by atoms with E-state index in [4.69, 9.17) is 4.84 Å². The zero-order chi connectivity index (χ0) is 16.4. The van der Waals surface area contributed by atoms with Crippen molar-refractivity contribution in [2.45, 2.75) is 38.7 Å². The highest BCUT2D eigenvalue weighted by Crippen LogP contribution is 2.26. The summed E-state index contributed by atoms with van der Waals surface area (Å²) in [5.41, 5.74) is 0.966. The minimum absolute atomic E-state index is 0.00817. The minimum Gasteiger partial charge on any atom is -0.466 e. The maximum atomic E-state index is 11.0. The van der Waals surface area contributed by atoms with Crippen molar-refractivity contribution < 1.29 is 23.9 Å². The van der Waals surface area contributed by atoms with E-state index in [1.807, 2.05) is 6.92 Å². The zero-order valence-corrected chi connectivity index (χ0v) is 13.3. The second kappa shape index (κ2) is 9.76. The summed E-state index contributed by atoms with van der Waals surface area (Å²) < 4.78 is 9.07. The van der Waals surface area contributed by atoms with Crippen molar-refractivity contribution in [2.75, 3.05) is 14.2 Å². The number of methoxy groups -OCH3 is 2. The number of carbonyl (C=O) groups is 2. The number of allylic oxidation sites excluding steroid dienone is 2. The van der Waals surface area contributed by atoms with Gasteiger partial charge in [0.25, 0.3) is 0 Å². The van der Waals surface area contributed by atoms with Gasteiger partial charge < -0.3 is 14.3 Å². The Kier molecular flexibility index (Phi) is 7.96. The van der Waals surface area contributed by atoms with Gasteiger partial charge in [0.15, 0.2) is 0 Å². The van der Waals surface area contributed by atoms with Crippen molar-refractivity contribution in [3.63, 3.8) is 0 Å². The molecule has 0 bridgehead atoms. The van der Waals surface area contributed by atoms with E-state index in [9.17, 15) is 9.59 Å². The summed E-state index contributed by atoms with van der Waals surface area (Å²) in [5.74, 6) is -0.476. The van der Waals surface area contributed by atoms with Crippen molar-refractivity contribution >= 4 is 17.7 Å². The first-order chi connectivity index (χ1) is 10.6. The molecule has 0 saturated carbocycles. The molecule has 122 valence electrons. The van der Waals surface area contributed by atoms with Gasteiger partial charge >= 0.3 is 11.9 Å². The summed E-state index contributed by atoms with van der Waals surface area (Å²) in [5, 5.41) is 4.04. The molecule has 0 aromatic heterocycles. The highest BCUT2D eigenvalue weighted by Gasteiger charge is 2.30. The van der Waals surface area contributed by atoms with Crippen molar-refractivity contribution in [1.29, 1.82) is 0 Å². The van der Waals surface area contributed by atoms with Crippen LogP contribution in [-0.4, -0.2) is 38.0 Å². The van der Waals surface area contributed by atoms with Gasteiger partial charge in [-0.1, -0.05) is 17.3 Å². The molecule has 6 heteroatoms. The molecule has 0 unspecified atom stereocenters. The Morgan fingerprint density at radius 3 is 2.18 bits per heavy atom. The Morgan fingerprint density at radius 1 is 1.09 bits per heavy atom. The SMILES string of the molecule is COC(=O)/C=C/CC[C@@H]1ON=C(C)[C@@H]1CC/C=C/C(=O)OC. The topological polar surface area (TPSA) is 74.2 Å². The van der Waals surface area contributed by atoms with Gasteiger partial charge in [-0.15, -0.1) is 0 Å². The number of ether oxygens (including phenoxy) is 2. The van der Waals surface area contributed by atoms with Crippen LogP contribution >= 0.6 is 0 Å². The van der Waals surface area contributed by atoms with Crippen LogP contribution in [0, 0.1) is 5.92 Å². The molecular weight excluding hydrogens is 286 g/mol. The van der Waals surface area contributed by atoms with Crippen molar-refractivity contribution in [1.82, 2.24) is 0 Å². The molecule has 0 N–H and O–H groups in total. The van der Waals surface area contributed by atoms with E-state index in [0.717, 1.165) is 31.4 Å². The van der Waals surface area contributed by atoms with Gasteiger partial charge in [0.2, 0.25) is 0 Å². The Balaban J connectivity index is 2.37. The van der Waals surface area contributed by atoms with E-state index in [0.29, 0.717) is 0 Å². The summed E-state index contributed by atoms with van der Waals surface area (Å²) in [4.78, 5) is 27.4. The minimum atomic E-state index is -0.357. The molecule has 0 aromatic carbocycles. The second-order valence-corrected chi connectivity index (χ2v) is 4.99. The molecule has 0 saturated heterocycles. The molecule has 0 spiro atoms. The lowest BCUT2D eigenvalue weighted by Gasteiger charge is -2.16. The molecular formula is C16H23NO5. The molecule has 2 atom stereocenters. The fourth-order valence-electron chi connectivity index (χ4n) is 2.24. The number of nitrogens with zero attached hydrogens (tertiary/aromatic N) is 1. The smallest absolute Gasteiger partial charge is 0.330 e. The first-order valence-electron chi connectivity index (χ1n) is 7.27. The molecule has 22 heavy (non-hydrogen) atoms. The van der Waals surface area contributed by atoms with Gasteiger partial charge in [-0.3, -0.25) is 0 Å². The molecule has 1 heterocycles. The summed E-state index contributed by atoms with van der Waals surface area (Å²) in [6.07, 6.45) is 9.53. The van der Waals surface area contributed by atoms with Crippen LogP contribution < -0.4 is 0 Å². The predicted molar refractivity (Wildman–Crippen MR) is 82.3 cm³/mol. The van der Waals surface area contributed by atoms with Crippen LogP contribution in [0.1, 0.15) is 32.6 Å². The number of rotatable bonds is 8. The maximum absolute atomic E-state index is 11.0. The second-order valence-electron chi connectivity index (χ2n) is 4.99. The molecule has 0 aromatic rings. The van der Waals surface area contributed by atoms with Gasteiger partial charge in [0.05, 0.1) is 19.9 Å². The average Bonchev–Trinajstić information content (AvgIpc) is 2.87. The molecule has 1 aliphatic heterocycles. The lowest BCUT2D eigenvalue weighted by Crippen LogP contribution is -2.21. The summed E-state index contributed by atoms with van der Waals surface area (Å²) in [7, 11) is 2.70. The van der Waals surface area contributed by atoms with Gasteiger partial charge in [0.1, 0.15) is 6.10 Å². The summed E-state index contributed by atoms with van der Waals surface area (Å²) in [6, 6.07) is 0. The first-order valence-corrected chi connectivity index (χ1v) is 7.27. The van der Waals surface area contributed by atoms with Crippen LogP contribution in [0.3, 0.4) is 0 Å². The van der Waals surface area contributed by atoms with E-state index in [1.54, 1.807) is 12.2 Å². The predicted octanol–water partition coefficient (Wildman–Crippen LogP) is 2.40. The third-order valence-electron chi connectivity index (χ3n) is 3.49. The Labute approximate surface area is 130 Å². The Morgan fingerprint density at radius 2 is 1.64 bits per heavy atom. The van der Waals surface area contributed by atoms with Crippen LogP contribution in [0.25, 0.3) is 0 Å². The summed E-state index contributed by atoms with van der Waals surface area (Å²) in [6.45, 7) is 1.94. The number of esters is 2. The molecule has 1 rings (SSSR count). The van der Waals surface area contributed by atoms with Gasteiger partial charge in [-0.25, -0.2) is 9.59 Å².